The number of hydrogen-bond donors (Lipinski definition) is 2. The van der Waals surface area contributed by atoms with Gasteiger partial charge in [-0.25, -0.2) is 0 Å². The third-order valence-corrected chi connectivity index (χ3v) is 4.70. The lowest BCUT2D eigenvalue weighted by Gasteiger charge is -2.30. The largest absolute Gasteiger partial charge is 0.356 e. The molecule has 0 saturated carbocycles. The summed E-state index contributed by atoms with van der Waals surface area (Å²) >= 11 is 0. The van der Waals surface area contributed by atoms with Gasteiger partial charge < -0.3 is 15.5 Å². The van der Waals surface area contributed by atoms with Crippen molar-refractivity contribution in [2.75, 3.05) is 40.3 Å². The summed E-state index contributed by atoms with van der Waals surface area (Å²) < 4.78 is 0. The summed E-state index contributed by atoms with van der Waals surface area (Å²) in [5.74, 6) is 1.70. The molecule has 5 heteroatoms. The Kier molecular flexibility index (Phi) is 12.3. The van der Waals surface area contributed by atoms with Gasteiger partial charge in [-0.3, -0.25) is 4.99 Å². The molecular weight excluding hydrogens is 399 g/mol. The number of unbranched alkanes of at least 4 members (excludes halogenated alkanes) is 2. The predicted molar refractivity (Wildman–Crippen MR) is 113 cm³/mol. The number of piperidine rings is 1. The summed E-state index contributed by atoms with van der Waals surface area (Å²) in [6.45, 7) is 11.4. The van der Waals surface area contributed by atoms with Gasteiger partial charge in [0.1, 0.15) is 0 Å². The molecule has 0 aromatic rings. The van der Waals surface area contributed by atoms with E-state index in [9.17, 15) is 0 Å². The van der Waals surface area contributed by atoms with E-state index in [1.807, 2.05) is 7.05 Å². The minimum atomic E-state index is 0. The van der Waals surface area contributed by atoms with Crippen molar-refractivity contribution in [1.82, 2.24) is 15.5 Å². The molecule has 0 bridgehead atoms. The fourth-order valence-corrected chi connectivity index (χ4v) is 3.17. The van der Waals surface area contributed by atoms with Crippen LogP contribution in [-0.2, 0) is 0 Å². The zero-order valence-corrected chi connectivity index (χ0v) is 18.3. The topological polar surface area (TPSA) is 39.7 Å². The smallest absolute Gasteiger partial charge is 0.191 e. The fourth-order valence-electron chi connectivity index (χ4n) is 3.17. The quantitative estimate of drug-likeness (QED) is 0.263. The number of guanidine groups is 1. The van der Waals surface area contributed by atoms with Gasteiger partial charge in [0.05, 0.1) is 0 Å². The molecule has 0 spiro atoms. The van der Waals surface area contributed by atoms with Gasteiger partial charge in [-0.15, -0.1) is 24.0 Å². The molecule has 0 aromatic carbocycles. The van der Waals surface area contributed by atoms with Crippen molar-refractivity contribution in [3.05, 3.63) is 0 Å². The van der Waals surface area contributed by atoms with Crippen LogP contribution in [0.15, 0.2) is 4.99 Å². The molecular formula is C18H39IN4. The minimum absolute atomic E-state index is 0. The van der Waals surface area contributed by atoms with Gasteiger partial charge in [0, 0.05) is 26.7 Å². The Labute approximate surface area is 161 Å². The van der Waals surface area contributed by atoms with Crippen molar-refractivity contribution < 1.29 is 0 Å². The van der Waals surface area contributed by atoms with Gasteiger partial charge in [0.2, 0.25) is 0 Å². The van der Waals surface area contributed by atoms with Crippen LogP contribution in [0.5, 0.6) is 0 Å². The maximum absolute atomic E-state index is 4.37. The minimum Gasteiger partial charge on any atom is -0.356 e. The Morgan fingerprint density at radius 1 is 1.26 bits per heavy atom. The summed E-state index contributed by atoms with van der Waals surface area (Å²) in [6, 6.07) is 0. The summed E-state index contributed by atoms with van der Waals surface area (Å²) in [7, 11) is 4.09. The number of halogens is 1. The van der Waals surface area contributed by atoms with Gasteiger partial charge in [-0.1, -0.05) is 40.0 Å². The molecule has 1 saturated heterocycles. The Morgan fingerprint density at radius 3 is 2.61 bits per heavy atom. The highest BCUT2D eigenvalue weighted by atomic mass is 127. The molecule has 1 aliphatic rings. The van der Waals surface area contributed by atoms with Crippen LogP contribution < -0.4 is 10.6 Å². The number of hydrogen-bond acceptors (Lipinski definition) is 2. The molecule has 23 heavy (non-hydrogen) atoms. The first-order chi connectivity index (χ1) is 10.5. The third-order valence-electron chi connectivity index (χ3n) is 4.70. The first-order valence-corrected chi connectivity index (χ1v) is 9.10. The molecule has 1 fully saturated rings. The van der Waals surface area contributed by atoms with Gasteiger partial charge in [-0.2, -0.15) is 0 Å². The monoisotopic (exact) mass is 438 g/mol. The van der Waals surface area contributed by atoms with E-state index in [0.29, 0.717) is 5.41 Å². The van der Waals surface area contributed by atoms with E-state index in [1.165, 1.54) is 51.6 Å². The van der Waals surface area contributed by atoms with Crippen LogP contribution in [0.1, 0.15) is 59.3 Å². The first-order valence-electron chi connectivity index (χ1n) is 9.10. The van der Waals surface area contributed by atoms with E-state index in [1.54, 1.807) is 0 Å². The molecule has 0 radical (unpaired) electrons. The molecule has 138 valence electrons. The van der Waals surface area contributed by atoms with Crippen molar-refractivity contribution in [2.45, 2.75) is 59.3 Å². The summed E-state index contributed by atoms with van der Waals surface area (Å²) in [4.78, 5) is 6.81. The van der Waals surface area contributed by atoms with Crippen molar-refractivity contribution in [3.63, 3.8) is 0 Å². The van der Waals surface area contributed by atoms with Crippen LogP contribution in [0, 0.1) is 11.3 Å². The zero-order valence-electron chi connectivity index (χ0n) is 16.0. The maximum Gasteiger partial charge on any atom is 0.191 e. The second-order valence-electron chi connectivity index (χ2n) is 7.70. The Bertz CT molecular complexity index is 331. The lowest BCUT2D eigenvalue weighted by atomic mass is 9.87. The average molecular weight is 438 g/mol. The molecule has 2 N–H and O–H groups in total. The van der Waals surface area contributed by atoms with Gasteiger partial charge in [0.25, 0.3) is 0 Å². The standard InChI is InChI=1S/C18H38N4.HI/c1-6-7-8-11-18(2,3)15-21-17(19-4)20-13-16-10-9-12-22(5)14-16;/h16H,6-15H2,1-5H3,(H2,19,20,21);1H. The molecule has 1 rings (SSSR count). The van der Waals surface area contributed by atoms with Crippen LogP contribution in [0.4, 0.5) is 0 Å². The van der Waals surface area contributed by atoms with Crippen LogP contribution in [0.25, 0.3) is 0 Å². The van der Waals surface area contributed by atoms with E-state index >= 15 is 0 Å². The molecule has 1 heterocycles. The molecule has 1 aliphatic heterocycles. The second kappa shape index (κ2) is 12.3. The van der Waals surface area contributed by atoms with E-state index in [4.69, 9.17) is 0 Å². The van der Waals surface area contributed by atoms with Crippen molar-refractivity contribution in [2.24, 2.45) is 16.3 Å². The zero-order chi connectivity index (χ0) is 16.4. The Balaban J connectivity index is 0.00000484. The lowest BCUT2D eigenvalue weighted by molar-refractivity contribution is 0.210. The summed E-state index contributed by atoms with van der Waals surface area (Å²) in [5, 5.41) is 7.02. The fraction of sp³-hybridized carbons (Fsp3) is 0.944. The lowest BCUT2D eigenvalue weighted by Crippen LogP contribution is -2.45. The molecule has 0 aromatic heterocycles. The number of aliphatic imine (C=N–C) groups is 1. The van der Waals surface area contributed by atoms with E-state index in [-0.39, 0.29) is 24.0 Å². The highest BCUT2D eigenvalue weighted by Gasteiger charge is 2.19. The normalized spacial score (nSPS) is 20.0. The maximum atomic E-state index is 4.37. The van der Waals surface area contributed by atoms with Crippen LogP contribution >= 0.6 is 24.0 Å². The molecule has 0 amide bonds. The number of nitrogens with zero attached hydrogens (tertiary/aromatic N) is 2. The Morgan fingerprint density at radius 2 is 2.00 bits per heavy atom. The second-order valence-corrected chi connectivity index (χ2v) is 7.70. The summed E-state index contributed by atoms with van der Waals surface area (Å²) in [6.07, 6.45) is 7.88. The van der Waals surface area contributed by atoms with Crippen LogP contribution in [0.3, 0.4) is 0 Å². The third kappa shape index (κ3) is 10.4. The molecule has 1 unspecified atom stereocenters. The van der Waals surface area contributed by atoms with E-state index in [2.05, 4.69) is 48.3 Å². The van der Waals surface area contributed by atoms with Crippen molar-refractivity contribution in [1.29, 1.82) is 0 Å². The summed E-state index contributed by atoms with van der Waals surface area (Å²) in [5.41, 5.74) is 0.331. The van der Waals surface area contributed by atoms with Gasteiger partial charge in [-0.05, 0) is 44.2 Å². The number of nitrogens with one attached hydrogen (secondary N) is 2. The van der Waals surface area contributed by atoms with Crippen molar-refractivity contribution >= 4 is 29.9 Å². The van der Waals surface area contributed by atoms with E-state index < -0.39 is 0 Å². The molecule has 1 atom stereocenters. The highest BCUT2D eigenvalue weighted by molar-refractivity contribution is 14.0. The SMILES string of the molecule is CCCCCC(C)(C)CNC(=NC)NCC1CCCN(C)C1.I. The molecule has 4 nitrogen and oxygen atoms in total. The number of likely N-dealkylation sites (tertiary alicyclic amines) is 1. The van der Waals surface area contributed by atoms with E-state index in [0.717, 1.165) is 25.0 Å². The van der Waals surface area contributed by atoms with Crippen LogP contribution in [-0.4, -0.2) is 51.1 Å². The van der Waals surface area contributed by atoms with Gasteiger partial charge >= 0.3 is 0 Å². The van der Waals surface area contributed by atoms with Gasteiger partial charge in [0.15, 0.2) is 5.96 Å². The van der Waals surface area contributed by atoms with Crippen LogP contribution in [0.2, 0.25) is 0 Å². The molecule has 0 aliphatic carbocycles. The first kappa shape index (κ1) is 23.0. The Hall–Kier alpha value is -0.0400. The number of rotatable bonds is 8. The average Bonchev–Trinajstić information content (AvgIpc) is 2.47. The highest BCUT2D eigenvalue weighted by Crippen LogP contribution is 2.22. The predicted octanol–water partition coefficient (Wildman–Crippen LogP) is 3.72. The van der Waals surface area contributed by atoms with Crippen molar-refractivity contribution in [3.8, 4) is 0 Å².